The van der Waals surface area contributed by atoms with Gasteiger partial charge in [-0.1, -0.05) is 181 Å². The molecule has 3 heteroatoms. The third-order valence-electron chi connectivity index (χ3n) is 8.77. The van der Waals surface area contributed by atoms with Crippen molar-refractivity contribution < 1.29 is 9.47 Å². The van der Waals surface area contributed by atoms with E-state index >= 15 is 0 Å². The van der Waals surface area contributed by atoms with Crippen molar-refractivity contribution in [2.24, 2.45) is 0 Å². The molecule has 0 aromatic carbocycles. The Kier molecular flexibility index (Phi) is 29.2. The SMILES string of the molecule is CCCCCCCCCCCCCCCCOC1CNCC1OCCCCCCCCCCCCCCCC. The van der Waals surface area contributed by atoms with Crippen molar-refractivity contribution in [2.45, 2.75) is 206 Å². The van der Waals surface area contributed by atoms with E-state index in [4.69, 9.17) is 9.47 Å². The van der Waals surface area contributed by atoms with E-state index in [0.717, 1.165) is 26.3 Å². The van der Waals surface area contributed by atoms with Crippen molar-refractivity contribution in [3.05, 3.63) is 0 Å². The van der Waals surface area contributed by atoms with E-state index in [0.29, 0.717) is 0 Å². The Balaban J connectivity index is 1.79. The molecule has 1 aliphatic rings. The van der Waals surface area contributed by atoms with Gasteiger partial charge in [0.15, 0.2) is 0 Å². The maximum Gasteiger partial charge on any atom is 0.0973 e. The second-order valence-electron chi connectivity index (χ2n) is 12.7. The lowest BCUT2D eigenvalue weighted by Gasteiger charge is -2.20. The van der Waals surface area contributed by atoms with Gasteiger partial charge >= 0.3 is 0 Å². The third kappa shape index (κ3) is 25.3. The van der Waals surface area contributed by atoms with Gasteiger partial charge in [-0.25, -0.2) is 0 Å². The average molecular weight is 552 g/mol. The summed E-state index contributed by atoms with van der Waals surface area (Å²) in [5.74, 6) is 0. The lowest BCUT2D eigenvalue weighted by molar-refractivity contribution is -0.0481. The summed E-state index contributed by atoms with van der Waals surface area (Å²) in [5.41, 5.74) is 0. The molecule has 0 spiro atoms. The standard InChI is InChI=1S/C36H73NO2/c1-3-5-7-9-11-13-15-17-19-21-23-25-27-29-31-38-35-33-37-34-36(35)39-32-30-28-26-24-22-20-18-16-14-12-10-8-6-4-2/h35-37H,3-34H2,1-2H3. The lowest BCUT2D eigenvalue weighted by Crippen LogP contribution is -2.30. The minimum absolute atomic E-state index is 0.263. The first-order valence-electron chi connectivity index (χ1n) is 18.3. The maximum absolute atomic E-state index is 6.21. The highest BCUT2D eigenvalue weighted by Crippen LogP contribution is 2.16. The molecule has 234 valence electrons. The third-order valence-corrected chi connectivity index (χ3v) is 8.77. The Morgan fingerprint density at radius 1 is 0.359 bits per heavy atom. The molecule has 2 unspecified atom stereocenters. The highest BCUT2D eigenvalue weighted by molar-refractivity contribution is 4.83. The molecular formula is C36H73NO2. The highest BCUT2D eigenvalue weighted by Gasteiger charge is 2.28. The quantitative estimate of drug-likeness (QED) is 0.0843. The number of nitrogens with one attached hydrogen (secondary N) is 1. The lowest BCUT2D eigenvalue weighted by atomic mass is 10.0. The predicted octanol–water partition coefficient (Wildman–Crippen LogP) is 11.3. The Morgan fingerprint density at radius 3 is 0.846 bits per heavy atom. The number of unbranched alkanes of at least 4 members (excludes halogenated alkanes) is 26. The van der Waals surface area contributed by atoms with Crippen LogP contribution in [-0.4, -0.2) is 38.5 Å². The maximum atomic E-state index is 6.21. The molecule has 0 aliphatic carbocycles. The van der Waals surface area contributed by atoms with E-state index in [1.165, 1.54) is 180 Å². The van der Waals surface area contributed by atoms with Crippen LogP contribution in [0.2, 0.25) is 0 Å². The molecular weight excluding hydrogens is 478 g/mol. The first kappa shape index (κ1) is 36.9. The molecule has 2 atom stereocenters. The van der Waals surface area contributed by atoms with Crippen LogP contribution in [0.15, 0.2) is 0 Å². The molecule has 39 heavy (non-hydrogen) atoms. The molecule has 1 aliphatic heterocycles. The zero-order valence-corrected chi connectivity index (χ0v) is 27.1. The molecule has 1 N–H and O–H groups in total. The Hall–Kier alpha value is -0.120. The van der Waals surface area contributed by atoms with E-state index in [9.17, 15) is 0 Å². The molecule has 1 saturated heterocycles. The minimum atomic E-state index is 0.263. The summed E-state index contributed by atoms with van der Waals surface area (Å²) in [7, 11) is 0. The van der Waals surface area contributed by atoms with Crippen LogP contribution in [0.3, 0.4) is 0 Å². The molecule has 1 rings (SSSR count). The molecule has 0 amide bonds. The minimum Gasteiger partial charge on any atom is -0.374 e. The van der Waals surface area contributed by atoms with Gasteiger partial charge in [0.05, 0.1) is 12.2 Å². The Bertz CT molecular complexity index is 417. The number of hydrogen-bond donors (Lipinski definition) is 1. The van der Waals surface area contributed by atoms with Crippen LogP contribution in [0.1, 0.15) is 194 Å². The Morgan fingerprint density at radius 2 is 0.590 bits per heavy atom. The first-order chi connectivity index (χ1) is 19.4. The summed E-state index contributed by atoms with van der Waals surface area (Å²) < 4.78 is 12.4. The number of rotatable bonds is 32. The summed E-state index contributed by atoms with van der Waals surface area (Å²) >= 11 is 0. The van der Waals surface area contributed by atoms with Gasteiger partial charge in [0, 0.05) is 26.3 Å². The van der Waals surface area contributed by atoms with Crippen LogP contribution in [0, 0.1) is 0 Å². The summed E-state index contributed by atoms with van der Waals surface area (Å²) in [6.45, 7) is 8.33. The zero-order valence-electron chi connectivity index (χ0n) is 27.1. The largest absolute Gasteiger partial charge is 0.374 e. The fourth-order valence-electron chi connectivity index (χ4n) is 6.03. The molecule has 0 bridgehead atoms. The number of hydrogen-bond acceptors (Lipinski definition) is 3. The van der Waals surface area contributed by atoms with Gasteiger partial charge in [-0.3, -0.25) is 0 Å². The van der Waals surface area contributed by atoms with Crippen molar-refractivity contribution in [3.8, 4) is 0 Å². The smallest absolute Gasteiger partial charge is 0.0973 e. The second kappa shape index (κ2) is 30.8. The number of ether oxygens (including phenoxy) is 2. The molecule has 0 aromatic heterocycles. The van der Waals surface area contributed by atoms with Gasteiger partial charge in [0.25, 0.3) is 0 Å². The molecule has 0 aromatic rings. The Labute approximate surface area is 246 Å². The van der Waals surface area contributed by atoms with Crippen LogP contribution in [0.4, 0.5) is 0 Å². The van der Waals surface area contributed by atoms with Crippen molar-refractivity contribution in [3.63, 3.8) is 0 Å². The van der Waals surface area contributed by atoms with Crippen molar-refractivity contribution in [2.75, 3.05) is 26.3 Å². The monoisotopic (exact) mass is 552 g/mol. The van der Waals surface area contributed by atoms with Crippen molar-refractivity contribution in [1.29, 1.82) is 0 Å². The van der Waals surface area contributed by atoms with Gasteiger partial charge in [-0.2, -0.15) is 0 Å². The fourth-order valence-corrected chi connectivity index (χ4v) is 6.03. The molecule has 3 nitrogen and oxygen atoms in total. The van der Waals surface area contributed by atoms with Gasteiger partial charge in [-0.15, -0.1) is 0 Å². The average Bonchev–Trinajstić information content (AvgIpc) is 3.40. The van der Waals surface area contributed by atoms with Crippen LogP contribution < -0.4 is 5.32 Å². The van der Waals surface area contributed by atoms with Crippen molar-refractivity contribution >= 4 is 0 Å². The first-order valence-corrected chi connectivity index (χ1v) is 18.3. The van der Waals surface area contributed by atoms with Crippen LogP contribution >= 0.6 is 0 Å². The van der Waals surface area contributed by atoms with E-state index < -0.39 is 0 Å². The summed E-state index contributed by atoms with van der Waals surface area (Å²) in [6, 6.07) is 0. The van der Waals surface area contributed by atoms with Crippen LogP contribution in [0.5, 0.6) is 0 Å². The van der Waals surface area contributed by atoms with E-state index in [1.807, 2.05) is 0 Å². The van der Waals surface area contributed by atoms with Gasteiger partial charge < -0.3 is 14.8 Å². The molecule has 0 saturated carbocycles. The molecule has 1 fully saturated rings. The summed E-state index contributed by atoms with van der Waals surface area (Å²) in [6.07, 6.45) is 39.9. The molecule has 0 radical (unpaired) electrons. The van der Waals surface area contributed by atoms with Crippen LogP contribution in [-0.2, 0) is 9.47 Å². The molecule has 1 heterocycles. The normalized spacial score (nSPS) is 17.4. The van der Waals surface area contributed by atoms with Crippen LogP contribution in [0.25, 0.3) is 0 Å². The van der Waals surface area contributed by atoms with E-state index in [-0.39, 0.29) is 12.2 Å². The fraction of sp³-hybridized carbons (Fsp3) is 1.00. The topological polar surface area (TPSA) is 30.5 Å². The van der Waals surface area contributed by atoms with Gasteiger partial charge in [0.1, 0.15) is 0 Å². The van der Waals surface area contributed by atoms with Gasteiger partial charge in [0.2, 0.25) is 0 Å². The predicted molar refractivity (Wildman–Crippen MR) is 173 cm³/mol. The second-order valence-corrected chi connectivity index (χ2v) is 12.7. The zero-order chi connectivity index (χ0) is 27.9. The summed E-state index contributed by atoms with van der Waals surface area (Å²) in [5, 5.41) is 3.48. The van der Waals surface area contributed by atoms with Crippen molar-refractivity contribution in [1.82, 2.24) is 5.32 Å². The summed E-state index contributed by atoms with van der Waals surface area (Å²) in [4.78, 5) is 0. The highest BCUT2D eigenvalue weighted by atomic mass is 16.5. The van der Waals surface area contributed by atoms with Gasteiger partial charge in [-0.05, 0) is 12.8 Å². The van der Waals surface area contributed by atoms with E-state index in [1.54, 1.807) is 0 Å². The van der Waals surface area contributed by atoms with E-state index in [2.05, 4.69) is 19.2 Å².